The Morgan fingerprint density at radius 3 is 0.500 bits per heavy atom. The summed E-state index contributed by atoms with van der Waals surface area (Å²) in [6.07, 6.45) is 0. The second kappa shape index (κ2) is 23.6. The van der Waals surface area contributed by atoms with Gasteiger partial charge in [0.25, 0.3) is 0 Å². The van der Waals surface area contributed by atoms with Gasteiger partial charge in [0.05, 0.1) is 0 Å². The molecule has 4 heavy (non-hydrogen) atoms. The second-order valence-corrected chi connectivity index (χ2v) is 0. The normalized spacial score (nSPS) is 0. The van der Waals surface area contributed by atoms with Crippen LogP contribution in [0.5, 0.6) is 0 Å². The molecule has 0 unspecified atom stereocenters. The Bertz CT molecular complexity index is 3.25. The predicted octanol–water partition coefficient (Wildman–Crippen LogP) is -0.00970. The average Bonchev–Trinajstić information content (AvgIpc) is 0. The van der Waals surface area contributed by atoms with Gasteiger partial charge >= 0.3 is 17.1 Å². The molecule has 0 aromatic heterocycles. The zero-order valence-electron chi connectivity index (χ0n) is 1.60. The largest absolute Gasteiger partial charge is 6.00 e. The molecule has 0 rings (SSSR count). The first-order valence-corrected chi connectivity index (χ1v) is 0. The molecule has 0 spiro atoms. The minimum absolute atomic E-state index is 0. The van der Waals surface area contributed by atoms with Crippen LogP contribution in [0.4, 0.5) is 0 Å². The summed E-state index contributed by atoms with van der Waals surface area (Å²) in [4.78, 5) is 0. The molecule has 0 atom stereocenters. The molecule has 25 valence electrons. The average molecular weight is 151 g/mol. The fourth-order valence-corrected chi connectivity index (χ4v) is 0. The van der Waals surface area contributed by atoms with Crippen LogP contribution in [0, 0.1) is 0 Å². The van der Waals surface area contributed by atoms with E-state index >= 15 is 0 Å². The van der Waals surface area contributed by atoms with Crippen molar-refractivity contribution in [3.63, 3.8) is 0 Å². The van der Waals surface area contributed by atoms with E-state index in [0.29, 0.717) is 0 Å². The van der Waals surface area contributed by atoms with Gasteiger partial charge in [-0.3, -0.25) is 0 Å². The summed E-state index contributed by atoms with van der Waals surface area (Å²) < 4.78 is 0. The zero-order valence-corrected chi connectivity index (χ0v) is 5.23. The van der Waals surface area contributed by atoms with Gasteiger partial charge in [-0.1, -0.05) is 0 Å². The Morgan fingerprint density at radius 1 is 0.500 bits per heavy atom. The Hall–Kier alpha value is 1.57. The Kier molecular flexibility index (Phi) is 279. The minimum atomic E-state index is 0. The van der Waals surface area contributed by atoms with Gasteiger partial charge in [0.15, 0.2) is 0 Å². The van der Waals surface area contributed by atoms with Crippen molar-refractivity contribution in [3.05, 3.63) is 0 Å². The first-order chi connectivity index (χ1) is 0. The third-order valence-corrected chi connectivity index (χ3v) is 0. The molecular formula is MnS3. The van der Waals surface area contributed by atoms with Crippen LogP contribution in [0.3, 0.4) is 0 Å². The summed E-state index contributed by atoms with van der Waals surface area (Å²) >= 11 is 0. The van der Waals surface area contributed by atoms with Crippen molar-refractivity contribution in [1.29, 1.82) is 0 Å². The first-order valence-electron chi connectivity index (χ1n) is 0. The molecule has 1 radical (unpaired) electrons. The maximum absolute atomic E-state index is 0. The van der Waals surface area contributed by atoms with Crippen LogP contribution >= 0.6 is 0 Å². The van der Waals surface area contributed by atoms with Crippen molar-refractivity contribution in [1.82, 2.24) is 0 Å². The molecule has 0 saturated heterocycles. The second-order valence-electron chi connectivity index (χ2n) is 0. The number of hydrogen-bond acceptors (Lipinski definition) is 0. The molecule has 0 fully saturated rings. The molecule has 0 aromatic carbocycles. The molecule has 0 aliphatic heterocycles. The Morgan fingerprint density at radius 2 is 0.500 bits per heavy atom. The fourth-order valence-electron chi connectivity index (χ4n) is 0. The Labute approximate surface area is 57.5 Å². The smallest absolute Gasteiger partial charge is 2.00 e. The maximum Gasteiger partial charge on any atom is 6.00 e. The monoisotopic (exact) mass is 151 g/mol. The van der Waals surface area contributed by atoms with Crippen LogP contribution in [0.1, 0.15) is 0 Å². The molecule has 0 N–H and O–H groups in total. The van der Waals surface area contributed by atoms with Crippen molar-refractivity contribution in [3.8, 4) is 0 Å². The summed E-state index contributed by atoms with van der Waals surface area (Å²) in [6, 6.07) is 0. The van der Waals surface area contributed by atoms with Gasteiger partial charge in [0, 0.05) is 0 Å². The maximum atomic E-state index is 0. The van der Waals surface area contributed by atoms with E-state index in [2.05, 4.69) is 0 Å². The van der Waals surface area contributed by atoms with Crippen LogP contribution in [0.2, 0.25) is 0 Å². The predicted molar refractivity (Wildman–Crippen MR) is 22.1 cm³/mol. The van der Waals surface area contributed by atoms with Crippen molar-refractivity contribution in [2.45, 2.75) is 0 Å². The standard InChI is InChI=1S/Mn.3S/q+6;3*-2. The SMILES string of the molecule is [Mn+6].[S-2].[S-2].[S-2]. The van der Waals surface area contributed by atoms with Gasteiger partial charge in [-0.05, 0) is 0 Å². The van der Waals surface area contributed by atoms with Gasteiger partial charge in [-0.2, -0.15) is 0 Å². The fraction of sp³-hybridized carbons (Fsp3) is 0. The molecule has 0 bridgehead atoms. The summed E-state index contributed by atoms with van der Waals surface area (Å²) in [7, 11) is 0. The third kappa shape index (κ3) is 9.57. The summed E-state index contributed by atoms with van der Waals surface area (Å²) in [5, 5.41) is 0. The van der Waals surface area contributed by atoms with E-state index in [1.54, 1.807) is 0 Å². The van der Waals surface area contributed by atoms with E-state index in [9.17, 15) is 0 Å². The molecule has 0 aliphatic rings. The Balaban J connectivity index is 0. The van der Waals surface area contributed by atoms with Crippen molar-refractivity contribution < 1.29 is 17.1 Å². The van der Waals surface area contributed by atoms with Crippen LogP contribution < -0.4 is 0 Å². The first kappa shape index (κ1) is 47.2. The summed E-state index contributed by atoms with van der Waals surface area (Å²) in [5.74, 6) is 0. The van der Waals surface area contributed by atoms with E-state index < -0.39 is 0 Å². The molecule has 0 aliphatic carbocycles. The van der Waals surface area contributed by atoms with E-state index in [1.807, 2.05) is 0 Å². The molecule has 0 heterocycles. The van der Waals surface area contributed by atoms with Crippen LogP contribution in [0.25, 0.3) is 0 Å². The van der Waals surface area contributed by atoms with E-state index in [4.69, 9.17) is 0 Å². The minimum Gasteiger partial charge on any atom is -2.00 e. The van der Waals surface area contributed by atoms with Crippen LogP contribution in [0.15, 0.2) is 0 Å². The number of rotatable bonds is 0. The third-order valence-electron chi connectivity index (χ3n) is 0. The molecule has 0 aromatic rings. The molecule has 0 amide bonds. The van der Waals surface area contributed by atoms with Gasteiger partial charge in [0.1, 0.15) is 0 Å². The van der Waals surface area contributed by atoms with Gasteiger partial charge in [0.2, 0.25) is 0 Å². The van der Waals surface area contributed by atoms with E-state index in [1.165, 1.54) is 0 Å². The van der Waals surface area contributed by atoms with E-state index in [-0.39, 0.29) is 57.6 Å². The van der Waals surface area contributed by atoms with Gasteiger partial charge in [-0.25, -0.2) is 0 Å². The molecule has 0 nitrogen and oxygen atoms in total. The van der Waals surface area contributed by atoms with Crippen LogP contribution in [-0.4, -0.2) is 0 Å². The molecule has 4 heteroatoms. The van der Waals surface area contributed by atoms with Gasteiger partial charge in [-0.15, -0.1) is 0 Å². The summed E-state index contributed by atoms with van der Waals surface area (Å²) in [5.41, 5.74) is 0. The van der Waals surface area contributed by atoms with E-state index in [0.717, 1.165) is 0 Å². The zero-order chi connectivity index (χ0) is 0. The molecule has 0 saturated carbocycles. The summed E-state index contributed by atoms with van der Waals surface area (Å²) in [6.45, 7) is 0. The van der Waals surface area contributed by atoms with Crippen LogP contribution in [-0.2, 0) is 57.6 Å². The van der Waals surface area contributed by atoms with Crippen molar-refractivity contribution in [2.75, 3.05) is 0 Å². The van der Waals surface area contributed by atoms with Crippen molar-refractivity contribution >= 4 is 40.5 Å². The topological polar surface area (TPSA) is 0 Å². The van der Waals surface area contributed by atoms with Crippen molar-refractivity contribution in [2.24, 2.45) is 0 Å². The quantitative estimate of drug-likeness (QED) is 0.427. The van der Waals surface area contributed by atoms with Gasteiger partial charge < -0.3 is 40.5 Å². The molecular weight excluding hydrogens is 151 g/mol. The number of hydrogen-bond donors (Lipinski definition) is 0.